The monoisotopic (exact) mass is 550 g/mol. The highest BCUT2D eigenvalue weighted by Gasteiger charge is 2.51. The summed E-state index contributed by atoms with van der Waals surface area (Å²) in [6, 6.07) is -0.685. The molecule has 1 aliphatic carbocycles. The van der Waals surface area contributed by atoms with E-state index in [9.17, 15) is 18.0 Å². The Bertz CT molecular complexity index is 791. The number of piperidine rings is 1. The minimum Gasteiger partial charge on any atom is -0.328 e. The number of nitrogens with zero attached hydrogens (tertiary/aromatic N) is 4. The lowest BCUT2D eigenvalue weighted by Crippen LogP contribution is -3.15. The van der Waals surface area contributed by atoms with Gasteiger partial charge >= 0.3 is 6.18 Å². The first-order chi connectivity index (χ1) is 17.6. The lowest BCUT2D eigenvalue weighted by atomic mass is 9.78. The molecule has 0 radical (unpaired) electrons. The van der Waals surface area contributed by atoms with Crippen LogP contribution in [0.3, 0.4) is 0 Å². The molecule has 0 aromatic carbocycles. The molecule has 4 aliphatic heterocycles. The minimum atomic E-state index is -4.42. The summed E-state index contributed by atoms with van der Waals surface area (Å²) in [4.78, 5) is 19.8. The number of alkyl halides is 4. The number of amides is 1. The van der Waals surface area contributed by atoms with Gasteiger partial charge in [-0.3, -0.25) is 19.9 Å². The number of quaternary nitrogens is 1. The van der Waals surface area contributed by atoms with Gasteiger partial charge in [0.25, 0.3) is 5.91 Å². The number of fused-ring (bicyclic) bond motifs is 3. The quantitative estimate of drug-likeness (QED) is 0.338. The molecule has 212 valence electrons. The van der Waals surface area contributed by atoms with Crippen molar-refractivity contribution in [3.8, 4) is 0 Å². The van der Waals surface area contributed by atoms with Gasteiger partial charge in [0, 0.05) is 51.2 Å². The first kappa shape index (κ1) is 27.9. The summed E-state index contributed by atoms with van der Waals surface area (Å²) in [5, 5.41) is 5.93. The van der Waals surface area contributed by atoms with E-state index in [-0.39, 0.29) is 24.1 Å². The topological polar surface area (TPSA) is 58.5 Å². The van der Waals surface area contributed by atoms with Crippen LogP contribution in [0.2, 0.25) is 0 Å². The number of rotatable bonds is 5. The van der Waals surface area contributed by atoms with Crippen LogP contribution in [0, 0.1) is 5.92 Å². The number of carbonyl (C=O) groups excluding carboxylic acids is 1. The third-order valence-corrected chi connectivity index (χ3v) is 9.94. The van der Waals surface area contributed by atoms with Crippen molar-refractivity contribution in [3.63, 3.8) is 0 Å². The average Bonchev–Trinajstić information content (AvgIpc) is 3.25. The van der Waals surface area contributed by atoms with Gasteiger partial charge < -0.3 is 9.80 Å². The fourth-order valence-electron chi connectivity index (χ4n) is 7.63. The summed E-state index contributed by atoms with van der Waals surface area (Å²) in [6.45, 7) is 5.37. The van der Waals surface area contributed by atoms with Crippen molar-refractivity contribution in [2.24, 2.45) is 5.92 Å². The second-order valence-corrected chi connectivity index (χ2v) is 12.5. The maximum absolute atomic E-state index is 14.3. The molecule has 37 heavy (non-hydrogen) atoms. The van der Waals surface area contributed by atoms with E-state index in [0.717, 1.165) is 81.2 Å². The van der Waals surface area contributed by atoms with Gasteiger partial charge in [-0.2, -0.15) is 13.2 Å². The standard InChI is InChI=1S/C25H43ClF3N7O/c1-32-10-12-34(13-11-32)16-23(37)33(2)24(25(27,28)29)17-5-7-18(8-6-17)35-9-3-4-19-20(35)15-30-22-14-21(26)31-36(19)22/h17-22,24,30-31H,3-16H2,1-2H3/p+1/t17?,18?,19?,20?,21?,22?,24-/m0/s1. The van der Waals surface area contributed by atoms with Crippen molar-refractivity contribution in [1.82, 2.24) is 30.5 Å². The molecule has 4 heterocycles. The van der Waals surface area contributed by atoms with Crippen molar-refractivity contribution in [1.29, 1.82) is 0 Å². The van der Waals surface area contributed by atoms with Gasteiger partial charge in [0.1, 0.15) is 6.04 Å². The molecular weight excluding hydrogens is 507 g/mol. The molecule has 0 aromatic heterocycles. The lowest BCUT2D eigenvalue weighted by molar-refractivity contribution is -0.896. The van der Waals surface area contributed by atoms with E-state index >= 15 is 0 Å². The maximum Gasteiger partial charge on any atom is 0.409 e. The second-order valence-electron chi connectivity index (χ2n) is 12.0. The molecule has 5 rings (SSSR count). The van der Waals surface area contributed by atoms with Crippen LogP contribution in [0.25, 0.3) is 0 Å². The number of nitrogens with one attached hydrogen (secondary N) is 3. The van der Waals surface area contributed by atoms with Crippen LogP contribution in [0.5, 0.6) is 0 Å². The van der Waals surface area contributed by atoms with Crippen molar-refractivity contribution < 1.29 is 22.9 Å². The largest absolute Gasteiger partial charge is 0.409 e. The summed E-state index contributed by atoms with van der Waals surface area (Å²) >= 11 is 6.36. The number of hydrogen-bond acceptors (Lipinski definition) is 6. The number of piperazine rings is 1. The van der Waals surface area contributed by atoms with Crippen molar-refractivity contribution >= 4 is 17.5 Å². The summed E-state index contributed by atoms with van der Waals surface area (Å²) < 4.78 is 43.0. The number of likely N-dealkylation sites (N-methyl/N-ethyl adjacent to an activating group) is 2. The summed E-state index contributed by atoms with van der Waals surface area (Å²) in [5.41, 5.74) is 3.36. The molecule has 8 nitrogen and oxygen atoms in total. The molecule has 4 saturated heterocycles. The Morgan fingerprint density at radius 1 is 1.11 bits per heavy atom. The number of halogens is 4. The molecular formula is C25H44ClF3N7O+. The average molecular weight is 551 g/mol. The van der Waals surface area contributed by atoms with Gasteiger partial charge in [-0.15, -0.1) is 11.6 Å². The van der Waals surface area contributed by atoms with E-state index in [2.05, 4.69) is 25.6 Å². The zero-order valence-corrected chi connectivity index (χ0v) is 22.9. The van der Waals surface area contributed by atoms with Crippen LogP contribution >= 0.6 is 11.6 Å². The predicted molar refractivity (Wildman–Crippen MR) is 136 cm³/mol. The van der Waals surface area contributed by atoms with E-state index in [0.29, 0.717) is 31.0 Å². The molecule has 5 aliphatic rings. The lowest BCUT2D eigenvalue weighted by Gasteiger charge is -2.53. The van der Waals surface area contributed by atoms with Gasteiger partial charge in [0.05, 0.1) is 24.8 Å². The first-order valence-electron chi connectivity index (χ1n) is 14.1. The van der Waals surface area contributed by atoms with Crippen LogP contribution in [0.4, 0.5) is 13.2 Å². The number of likely N-dealkylation sites (tertiary alicyclic amines) is 1. The molecule has 1 saturated carbocycles. The van der Waals surface area contributed by atoms with Crippen molar-refractivity contribution in [3.05, 3.63) is 0 Å². The highest BCUT2D eigenvalue weighted by Crippen LogP contribution is 2.40. The van der Waals surface area contributed by atoms with E-state index in [1.807, 2.05) is 7.05 Å². The molecule has 4 unspecified atom stereocenters. The number of carbonyl (C=O) groups is 1. The second kappa shape index (κ2) is 11.4. The predicted octanol–water partition coefficient (Wildman–Crippen LogP) is 0.302. The van der Waals surface area contributed by atoms with E-state index < -0.39 is 18.1 Å². The Balaban J connectivity index is 1.19. The Hall–Kier alpha value is -0.690. The van der Waals surface area contributed by atoms with Crippen LogP contribution < -0.4 is 15.6 Å². The van der Waals surface area contributed by atoms with Gasteiger partial charge in [-0.1, -0.05) is 0 Å². The highest BCUT2D eigenvalue weighted by atomic mass is 35.5. The van der Waals surface area contributed by atoms with E-state index in [1.54, 1.807) is 0 Å². The Morgan fingerprint density at radius 2 is 1.81 bits per heavy atom. The Labute approximate surface area is 223 Å². The first-order valence-corrected chi connectivity index (χ1v) is 14.6. The Kier molecular flexibility index (Phi) is 8.61. The van der Waals surface area contributed by atoms with Crippen molar-refractivity contribution in [2.45, 2.75) is 87.0 Å². The normalized spacial score (nSPS) is 37.7. The third kappa shape index (κ3) is 6.07. The van der Waals surface area contributed by atoms with Crippen LogP contribution in [0.15, 0.2) is 0 Å². The number of hydrogen-bond donors (Lipinski definition) is 3. The fraction of sp³-hybridized carbons (Fsp3) is 0.960. The molecule has 0 spiro atoms. The highest BCUT2D eigenvalue weighted by molar-refractivity contribution is 6.20. The van der Waals surface area contributed by atoms with Crippen LogP contribution in [0.1, 0.15) is 44.9 Å². The van der Waals surface area contributed by atoms with Gasteiger partial charge in [-0.05, 0) is 58.0 Å². The van der Waals surface area contributed by atoms with Crippen LogP contribution in [-0.2, 0) is 4.79 Å². The van der Waals surface area contributed by atoms with Gasteiger partial charge in [-0.25, -0.2) is 10.4 Å². The molecule has 5 fully saturated rings. The maximum atomic E-state index is 14.3. The summed E-state index contributed by atoms with van der Waals surface area (Å²) in [7, 11) is 3.40. The molecule has 1 amide bonds. The Morgan fingerprint density at radius 3 is 2.49 bits per heavy atom. The number of hydrazine groups is 1. The van der Waals surface area contributed by atoms with E-state index in [4.69, 9.17) is 11.6 Å². The van der Waals surface area contributed by atoms with Crippen molar-refractivity contribution in [2.75, 3.05) is 59.9 Å². The molecule has 0 bridgehead atoms. The van der Waals surface area contributed by atoms with Crippen LogP contribution in [-0.4, -0.2) is 128 Å². The summed E-state index contributed by atoms with van der Waals surface area (Å²) in [5.74, 6) is -0.930. The molecule has 12 heteroatoms. The molecule has 3 N–H and O–H groups in total. The fourth-order valence-corrected chi connectivity index (χ4v) is 7.91. The van der Waals surface area contributed by atoms with Gasteiger partial charge in [0.15, 0.2) is 6.54 Å². The molecule has 5 atom stereocenters. The zero-order chi connectivity index (χ0) is 26.3. The smallest absolute Gasteiger partial charge is 0.328 e. The SMILES string of the molecule is CN1CC[NH+](CC(=O)N(C)[C@@H](C2CCC(N3CCCC4C3CNC3CC(Cl)NN34)CC2)C(F)(F)F)CC1. The summed E-state index contributed by atoms with van der Waals surface area (Å²) in [6.07, 6.45) is 1.43. The van der Waals surface area contributed by atoms with Gasteiger partial charge in [0.2, 0.25) is 0 Å². The molecule has 0 aromatic rings. The zero-order valence-electron chi connectivity index (χ0n) is 22.1. The van der Waals surface area contributed by atoms with E-state index in [1.165, 1.54) is 7.05 Å². The minimum absolute atomic E-state index is 0.0566. The third-order valence-electron chi connectivity index (χ3n) is 9.66.